The zero-order valence-electron chi connectivity index (χ0n) is 15.0. The van der Waals surface area contributed by atoms with Crippen molar-refractivity contribution < 1.29 is 14.3 Å². The number of hydrogen-bond acceptors (Lipinski definition) is 6. The van der Waals surface area contributed by atoms with Gasteiger partial charge in [-0.05, 0) is 37.5 Å². The lowest BCUT2D eigenvalue weighted by atomic mass is 10.1. The number of carbonyl (C=O) groups is 1. The first-order chi connectivity index (χ1) is 12.7. The minimum absolute atomic E-state index is 0.224. The summed E-state index contributed by atoms with van der Waals surface area (Å²) in [5.41, 5.74) is 0.802. The maximum Gasteiger partial charge on any atom is 0.249 e. The van der Waals surface area contributed by atoms with Gasteiger partial charge in [0.25, 0.3) is 0 Å². The Morgan fingerprint density at radius 3 is 2.77 bits per heavy atom. The number of anilines is 2. The first-order valence-corrected chi connectivity index (χ1v) is 9.49. The molecular weight excluding hydrogens is 350 g/mol. The van der Waals surface area contributed by atoms with Gasteiger partial charge in [-0.15, -0.1) is 11.3 Å². The minimum Gasteiger partial charge on any atom is -0.497 e. The first-order valence-electron chi connectivity index (χ1n) is 8.61. The SMILES string of the molecule is COc1ccc(/C=C\C(=O)Nc2csc(N3CCCCC3)n2)c(OC)c1. The van der Waals surface area contributed by atoms with Crippen LogP contribution >= 0.6 is 11.3 Å². The molecule has 0 aliphatic carbocycles. The lowest BCUT2D eigenvalue weighted by Crippen LogP contribution is -2.29. The van der Waals surface area contributed by atoms with Crippen LogP contribution in [0.3, 0.4) is 0 Å². The molecule has 7 heteroatoms. The number of hydrogen-bond donors (Lipinski definition) is 1. The molecule has 1 aliphatic rings. The van der Waals surface area contributed by atoms with Crippen LogP contribution in [0.2, 0.25) is 0 Å². The second-order valence-electron chi connectivity index (χ2n) is 5.99. The highest BCUT2D eigenvalue weighted by molar-refractivity contribution is 7.14. The van der Waals surface area contributed by atoms with E-state index in [1.54, 1.807) is 37.7 Å². The molecule has 138 valence electrons. The van der Waals surface area contributed by atoms with Crippen LogP contribution in [0, 0.1) is 0 Å². The summed E-state index contributed by atoms with van der Waals surface area (Å²) in [6, 6.07) is 5.45. The standard InChI is InChI=1S/C19H23N3O3S/c1-24-15-8-6-14(16(12-15)25-2)7-9-18(23)20-17-13-26-19(21-17)22-10-4-3-5-11-22/h6-9,12-13H,3-5,10-11H2,1-2H3,(H,20,23)/b9-7-. The number of amides is 1. The summed E-state index contributed by atoms with van der Waals surface area (Å²) in [7, 11) is 3.19. The van der Waals surface area contributed by atoms with Crippen molar-refractivity contribution in [3.05, 3.63) is 35.2 Å². The molecule has 0 bridgehead atoms. The van der Waals surface area contributed by atoms with E-state index in [0.29, 0.717) is 17.3 Å². The number of piperidine rings is 1. The van der Waals surface area contributed by atoms with Crippen LogP contribution in [0.25, 0.3) is 6.08 Å². The third-order valence-electron chi connectivity index (χ3n) is 4.22. The van der Waals surface area contributed by atoms with Crippen molar-refractivity contribution in [1.29, 1.82) is 0 Å². The minimum atomic E-state index is -0.224. The van der Waals surface area contributed by atoms with E-state index >= 15 is 0 Å². The summed E-state index contributed by atoms with van der Waals surface area (Å²) in [6.07, 6.45) is 6.88. The number of nitrogens with zero attached hydrogens (tertiary/aromatic N) is 2. The number of aromatic nitrogens is 1. The lowest BCUT2D eigenvalue weighted by molar-refractivity contribution is -0.111. The fraction of sp³-hybridized carbons (Fsp3) is 0.368. The first kappa shape index (κ1) is 18.3. The van der Waals surface area contributed by atoms with E-state index in [1.807, 2.05) is 17.5 Å². The van der Waals surface area contributed by atoms with Gasteiger partial charge >= 0.3 is 0 Å². The Labute approximate surface area is 157 Å². The molecule has 26 heavy (non-hydrogen) atoms. The molecule has 1 amide bonds. The largest absolute Gasteiger partial charge is 0.497 e. The molecule has 0 atom stereocenters. The quantitative estimate of drug-likeness (QED) is 0.780. The molecule has 1 fully saturated rings. The molecule has 1 N–H and O–H groups in total. The summed E-state index contributed by atoms with van der Waals surface area (Å²) in [5.74, 6) is 1.72. The molecule has 1 aliphatic heterocycles. The van der Waals surface area contributed by atoms with Gasteiger partial charge in [-0.25, -0.2) is 4.98 Å². The van der Waals surface area contributed by atoms with Gasteiger partial charge in [0.15, 0.2) is 5.13 Å². The Hall–Kier alpha value is -2.54. The highest BCUT2D eigenvalue weighted by Crippen LogP contribution is 2.27. The molecule has 1 aromatic heterocycles. The van der Waals surface area contributed by atoms with E-state index in [2.05, 4.69) is 15.2 Å². The number of rotatable bonds is 6. The van der Waals surface area contributed by atoms with Crippen LogP contribution < -0.4 is 19.7 Å². The summed E-state index contributed by atoms with van der Waals surface area (Å²) in [6.45, 7) is 2.08. The zero-order chi connectivity index (χ0) is 18.4. The maximum atomic E-state index is 12.2. The topological polar surface area (TPSA) is 63.7 Å². The van der Waals surface area contributed by atoms with E-state index in [0.717, 1.165) is 23.8 Å². The van der Waals surface area contributed by atoms with Crippen molar-refractivity contribution in [3.63, 3.8) is 0 Å². The maximum absolute atomic E-state index is 12.2. The Bertz CT molecular complexity index is 782. The molecule has 0 spiro atoms. The van der Waals surface area contributed by atoms with E-state index in [-0.39, 0.29) is 5.91 Å². The molecule has 1 saturated heterocycles. The second kappa shape index (κ2) is 8.71. The summed E-state index contributed by atoms with van der Waals surface area (Å²) < 4.78 is 10.5. The molecule has 2 aromatic rings. The van der Waals surface area contributed by atoms with E-state index < -0.39 is 0 Å². The molecule has 0 unspecified atom stereocenters. The Kier molecular flexibility index (Phi) is 6.12. The van der Waals surface area contributed by atoms with Crippen molar-refractivity contribution >= 4 is 34.3 Å². The van der Waals surface area contributed by atoms with Crippen LogP contribution in [0.1, 0.15) is 24.8 Å². The van der Waals surface area contributed by atoms with Crippen molar-refractivity contribution in [2.45, 2.75) is 19.3 Å². The molecule has 0 radical (unpaired) electrons. The van der Waals surface area contributed by atoms with Gasteiger partial charge in [0, 0.05) is 36.2 Å². The number of methoxy groups -OCH3 is 2. The molecule has 6 nitrogen and oxygen atoms in total. The summed E-state index contributed by atoms with van der Waals surface area (Å²) in [4.78, 5) is 19.0. The van der Waals surface area contributed by atoms with Gasteiger partial charge in [0.05, 0.1) is 14.2 Å². The van der Waals surface area contributed by atoms with Crippen LogP contribution in [-0.4, -0.2) is 38.2 Å². The highest BCUT2D eigenvalue weighted by Gasteiger charge is 2.14. The van der Waals surface area contributed by atoms with Crippen molar-refractivity contribution in [3.8, 4) is 11.5 Å². The smallest absolute Gasteiger partial charge is 0.249 e. The summed E-state index contributed by atoms with van der Waals surface area (Å²) >= 11 is 1.56. The monoisotopic (exact) mass is 373 g/mol. The fourth-order valence-corrected chi connectivity index (χ4v) is 3.65. The van der Waals surface area contributed by atoms with E-state index in [9.17, 15) is 4.79 Å². The molecule has 0 saturated carbocycles. The molecule has 2 heterocycles. The van der Waals surface area contributed by atoms with Crippen molar-refractivity contribution in [2.24, 2.45) is 0 Å². The van der Waals surface area contributed by atoms with Gasteiger partial charge in [-0.3, -0.25) is 4.79 Å². The van der Waals surface area contributed by atoms with Crippen LogP contribution in [0.5, 0.6) is 11.5 Å². The average molecular weight is 373 g/mol. The van der Waals surface area contributed by atoms with E-state index in [1.165, 1.54) is 25.3 Å². The number of benzene rings is 1. The number of carbonyl (C=O) groups excluding carboxylic acids is 1. The lowest BCUT2D eigenvalue weighted by Gasteiger charge is -2.25. The number of nitrogens with one attached hydrogen (secondary N) is 1. The zero-order valence-corrected chi connectivity index (χ0v) is 15.8. The molecular formula is C19H23N3O3S. The van der Waals surface area contributed by atoms with Crippen LogP contribution in [0.4, 0.5) is 10.9 Å². The van der Waals surface area contributed by atoms with E-state index in [4.69, 9.17) is 9.47 Å². The van der Waals surface area contributed by atoms with Gasteiger partial charge in [-0.2, -0.15) is 0 Å². The van der Waals surface area contributed by atoms with Crippen molar-refractivity contribution in [2.75, 3.05) is 37.5 Å². The Morgan fingerprint density at radius 1 is 1.23 bits per heavy atom. The predicted molar refractivity (Wildman–Crippen MR) is 105 cm³/mol. The van der Waals surface area contributed by atoms with Crippen molar-refractivity contribution in [1.82, 2.24) is 4.98 Å². The number of thiazole rings is 1. The van der Waals surface area contributed by atoms with Gasteiger partial charge < -0.3 is 19.7 Å². The van der Waals surface area contributed by atoms with Gasteiger partial charge in [-0.1, -0.05) is 0 Å². The third-order valence-corrected chi connectivity index (χ3v) is 5.13. The second-order valence-corrected chi connectivity index (χ2v) is 6.83. The highest BCUT2D eigenvalue weighted by atomic mass is 32.1. The van der Waals surface area contributed by atoms with Crippen LogP contribution in [0.15, 0.2) is 29.7 Å². The summed E-state index contributed by atoms with van der Waals surface area (Å²) in [5, 5.41) is 5.66. The molecule has 1 aromatic carbocycles. The van der Waals surface area contributed by atoms with Crippen LogP contribution in [-0.2, 0) is 4.79 Å². The average Bonchev–Trinajstić information content (AvgIpc) is 3.15. The van der Waals surface area contributed by atoms with Gasteiger partial charge in [0.2, 0.25) is 5.91 Å². The molecule has 3 rings (SSSR count). The Balaban J connectivity index is 1.62. The Morgan fingerprint density at radius 2 is 2.04 bits per heavy atom. The van der Waals surface area contributed by atoms with Gasteiger partial charge in [0.1, 0.15) is 17.3 Å². The number of ether oxygens (including phenoxy) is 2. The predicted octanol–water partition coefficient (Wildman–Crippen LogP) is 3.80. The normalized spacial score (nSPS) is 14.5. The third kappa shape index (κ3) is 4.54. The fourth-order valence-electron chi connectivity index (χ4n) is 2.84.